The highest BCUT2D eigenvalue weighted by Crippen LogP contribution is 2.31. The highest BCUT2D eigenvalue weighted by atomic mass is 35.5. The van der Waals surface area contributed by atoms with E-state index in [0.29, 0.717) is 32.6 Å². The van der Waals surface area contributed by atoms with Crippen LogP contribution in [0.5, 0.6) is 0 Å². The quantitative estimate of drug-likeness (QED) is 0.560. The Bertz CT molecular complexity index is 843. The maximum atomic E-state index is 13.8. The van der Waals surface area contributed by atoms with Crippen LogP contribution < -0.4 is 0 Å². The first-order valence-electron chi connectivity index (χ1n) is 6.20. The van der Waals surface area contributed by atoms with Crippen molar-refractivity contribution in [3.63, 3.8) is 0 Å². The maximum Gasteiger partial charge on any atom is 0.129 e. The Morgan fingerprint density at radius 2 is 1.86 bits per heavy atom. The van der Waals surface area contributed by atoms with Gasteiger partial charge < -0.3 is 0 Å². The van der Waals surface area contributed by atoms with Gasteiger partial charge in [-0.1, -0.05) is 29.3 Å². The van der Waals surface area contributed by atoms with Gasteiger partial charge in [0.15, 0.2) is 0 Å². The Morgan fingerprint density at radius 1 is 1.14 bits per heavy atom. The number of benzene rings is 2. The molecule has 0 saturated carbocycles. The fraction of sp³-hybridized carbons (Fsp3) is 0.133. The van der Waals surface area contributed by atoms with Crippen molar-refractivity contribution in [2.45, 2.75) is 12.8 Å². The molecule has 0 N–H and O–H groups in total. The van der Waals surface area contributed by atoms with E-state index in [9.17, 15) is 4.39 Å². The van der Waals surface area contributed by atoms with Crippen molar-refractivity contribution >= 4 is 45.8 Å². The van der Waals surface area contributed by atoms with Crippen LogP contribution in [0.4, 0.5) is 4.39 Å². The molecule has 2 aromatic carbocycles. The summed E-state index contributed by atoms with van der Waals surface area (Å²) in [5, 5.41) is 0.837. The second kappa shape index (κ2) is 5.48. The number of imidazole rings is 1. The molecule has 21 heavy (non-hydrogen) atoms. The Kier molecular flexibility index (Phi) is 3.82. The van der Waals surface area contributed by atoms with Gasteiger partial charge in [0.25, 0.3) is 0 Å². The summed E-state index contributed by atoms with van der Waals surface area (Å²) < 4.78 is 15.6. The molecule has 0 aliphatic rings. The third-order valence-corrected chi connectivity index (χ3v) is 4.26. The largest absolute Gasteiger partial charge is 0.295 e. The Hall–Kier alpha value is -1.29. The minimum Gasteiger partial charge on any atom is -0.295 e. The van der Waals surface area contributed by atoms with Gasteiger partial charge >= 0.3 is 0 Å². The van der Waals surface area contributed by atoms with Crippen LogP contribution in [0.25, 0.3) is 16.7 Å². The molecule has 0 bridgehead atoms. The molecule has 3 aromatic rings. The van der Waals surface area contributed by atoms with Crippen LogP contribution in [-0.4, -0.2) is 9.55 Å². The van der Waals surface area contributed by atoms with E-state index in [1.165, 1.54) is 6.07 Å². The van der Waals surface area contributed by atoms with Gasteiger partial charge in [0.05, 0.1) is 32.6 Å². The Morgan fingerprint density at radius 3 is 2.52 bits per heavy atom. The molecule has 2 nitrogen and oxygen atoms in total. The van der Waals surface area contributed by atoms with Crippen molar-refractivity contribution in [2.75, 3.05) is 0 Å². The van der Waals surface area contributed by atoms with E-state index in [2.05, 4.69) is 4.98 Å². The van der Waals surface area contributed by atoms with Gasteiger partial charge in [0.1, 0.15) is 11.6 Å². The van der Waals surface area contributed by atoms with E-state index in [4.69, 9.17) is 34.8 Å². The summed E-state index contributed by atoms with van der Waals surface area (Å²) in [5.74, 6) is 0.516. The number of rotatable bonds is 2. The number of hydrogen-bond donors (Lipinski definition) is 0. The Balaban J connectivity index is 2.34. The van der Waals surface area contributed by atoms with Crippen molar-refractivity contribution in [2.24, 2.45) is 0 Å². The van der Waals surface area contributed by atoms with E-state index in [0.717, 1.165) is 5.52 Å². The van der Waals surface area contributed by atoms with Gasteiger partial charge in [-0.2, -0.15) is 0 Å². The van der Waals surface area contributed by atoms with Gasteiger partial charge in [-0.15, -0.1) is 11.6 Å². The van der Waals surface area contributed by atoms with Crippen molar-refractivity contribution in [3.8, 4) is 5.69 Å². The summed E-state index contributed by atoms with van der Waals surface area (Å²) in [6.45, 7) is 1.71. The molecule has 6 heteroatoms. The van der Waals surface area contributed by atoms with Gasteiger partial charge in [-0.3, -0.25) is 4.57 Å². The van der Waals surface area contributed by atoms with Crippen LogP contribution in [-0.2, 0) is 5.88 Å². The summed E-state index contributed by atoms with van der Waals surface area (Å²) in [5.41, 5.74) is 2.63. The second-order valence-corrected chi connectivity index (χ2v) is 5.77. The van der Waals surface area contributed by atoms with Gasteiger partial charge in [-0.05, 0) is 36.8 Å². The lowest BCUT2D eigenvalue weighted by Crippen LogP contribution is -2.00. The number of nitrogens with zero attached hydrogens (tertiary/aromatic N) is 2. The molecule has 1 aromatic heterocycles. The van der Waals surface area contributed by atoms with Crippen molar-refractivity contribution in [1.82, 2.24) is 9.55 Å². The van der Waals surface area contributed by atoms with Crippen LogP contribution in [0.3, 0.4) is 0 Å². The van der Waals surface area contributed by atoms with E-state index >= 15 is 0 Å². The molecule has 0 radical (unpaired) electrons. The highest BCUT2D eigenvalue weighted by molar-refractivity contribution is 6.42. The van der Waals surface area contributed by atoms with Gasteiger partial charge in [-0.25, -0.2) is 9.37 Å². The third kappa shape index (κ3) is 2.50. The lowest BCUT2D eigenvalue weighted by atomic mass is 10.2. The molecule has 108 valence electrons. The van der Waals surface area contributed by atoms with E-state index in [1.54, 1.807) is 29.7 Å². The first-order valence-corrected chi connectivity index (χ1v) is 7.49. The predicted molar refractivity (Wildman–Crippen MR) is 85.3 cm³/mol. The zero-order valence-corrected chi connectivity index (χ0v) is 13.3. The Labute approximate surface area is 136 Å². The fourth-order valence-corrected chi connectivity index (χ4v) is 2.72. The van der Waals surface area contributed by atoms with Gasteiger partial charge in [0.2, 0.25) is 0 Å². The summed E-state index contributed by atoms with van der Waals surface area (Å²) in [7, 11) is 0. The van der Waals surface area contributed by atoms with Crippen LogP contribution in [0.2, 0.25) is 10.0 Å². The lowest BCUT2D eigenvalue weighted by Gasteiger charge is -2.09. The number of aromatic nitrogens is 2. The maximum absolute atomic E-state index is 13.8. The standard InChI is InChI=1S/C15H10Cl3FN2/c1-8-2-3-9(4-12(8)19)21-14-6-11(18)10(17)5-13(14)20-15(21)7-16/h2-6H,7H2,1H3. The summed E-state index contributed by atoms with van der Waals surface area (Å²) >= 11 is 18.0. The van der Waals surface area contributed by atoms with Gasteiger partial charge in [0, 0.05) is 0 Å². The highest BCUT2D eigenvalue weighted by Gasteiger charge is 2.14. The average molecular weight is 344 g/mol. The number of hydrogen-bond acceptors (Lipinski definition) is 1. The molecule has 0 amide bonds. The molecule has 0 spiro atoms. The summed E-state index contributed by atoms with van der Waals surface area (Å²) in [4.78, 5) is 4.43. The molecule has 0 saturated heterocycles. The van der Waals surface area contributed by atoms with Crippen molar-refractivity contribution < 1.29 is 4.39 Å². The smallest absolute Gasteiger partial charge is 0.129 e. The average Bonchev–Trinajstić information content (AvgIpc) is 2.80. The summed E-state index contributed by atoms with van der Waals surface area (Å²) in [6, 6.07) is 8.37. The molecule has 0 atom stereocenters. The lowest BCUT2D eigenvalue weighted by molar-refractivity contribution is 0.617. The van der Waals surface area contributed by atoms with Crippen LogP contribution in [0, 0.1) is 12.7 Å². The van der Waals surface area contributed by atoms with Crippen LogP contribution in [0.15, 0.2) is 30.3 Å². The third-order valence-electron chi connectivity index (χ3n) is 3.30. The zero-order valence-electron chi connectivity index (χ0n) is 11.0. The monoisotopic (exact) mass is 342 g/mol. The van der Waals surface area contributed by atoms with E-state index < -0.39 is 0 Å². The number of alkyl halides is 1. The molecule has 3 rings (SSSR count). The first kappa shape index (κ1) is 14.6. The number of halogens is 4. The van der Waals surface area contributed by atoms with E-state index in [1.807, 2.05) is 6.07 Å². The van der Waals surface area contributed by atoms with Crippen molar-refractivity contribution in [1.29, 1.82) is 0 Å². The fourth-order valence-electron chi connectivity index (χ4n) is 2.22. The van der Waals surface area contributed by atoms with Crippen LogP contribution in [0.1, 0.15) is 11.4 Å². The molecule has 0 aliphatic carbocycles. The normalized spacial score (nSPS) is 11.3. The molecule has 0 aliphatic heterocycles. The predicted octanol–water partition coefficient (Wildman–Crippen LogP) is 5.52. The number of fused-ring (bicyclic) bond motifs is 1. The number of aryl methyl sites for hydroxylation is 1. The minimum atomic E-state index is -0.282. The molecular weight excluding hydrogens is 334 g/mol. The SMILES string of the molecule is Cc1ccc(-n2c(CCl)nc3cc(Cl)c(Cl)cc32)cc1F. The van der Waals surface area contributed by atoms with Crippen molar-refractivity contribution in [3.05, 3.63) is 57.6 Å². The molecule has 1 heterocycles. The molecular formula is C15H10Cl3FN2. The van der Waals surface area contributed by atoms with E-state index in [-0.39, 0.29) is 11.7 Å². The topological polar surface area (TPSA) is 17.8 Å². The zero-order chi connectivity index (χ0) is 15.1. The first-order chi connectivity index (χ1) is 10.0. The molecule has 0 unspecified atom stereocenters. The molecule has 0 fully saturated rings. The minimum absolute atomic E-state index is 0.194. The summed E-state index contributed by atoms with van der Waals surface area (Å²) in [6.07, 6.45) is 0. The van der Waals surface area contributed by atoms with Crippen LogP contribution >= 0.6 is 34.8 Å². The second-order valence-electron chi connectivity index (χ2n) is 4.69.